The topological polar surface area (TPSA) is 3.88 Å². The summed E-state index contributed by atoms with van der Waals surface area (Å²) in [4.78, 5) is 0. The van der Waals surface area contributed by atoms with Crippen LogP contribution in [0.3, 0.4) is 0 Å². The summed E-state index contributed by atoms with van der Waals surface area (Å²) in [5.74, 6) is 0. The number of hydrogen-bond acceptors (Lipinski definition) is 0. The van der Waals surface area contributed by atoms with Gasteiger partial charge >= 0.3 is 0 Å². The van der Waals surface area contributed by atoms with Crippen LogP contribution in [0, 0.1) is 6.92 Å². The molecule has 0 aliphatic heterocycles. The molecule has 1 aromatic heterocycles. The van der Waals surface area contributed by atoms with Crippen molar-refractivity contribution in [1.29, 1.82) is 0 Å². The highest BCUT2D eigenvalue weighted by Crippen LogP contribution is 2.24. The number of fused-ring (bicyclic) bond motifs is 1. The van der Waals surface area contributed by atoms with Crippen LogP contribution in [0.25, 0.3) is 10.8 Å². The zero-order valence-electron chi connectivity index (χ0n) is 7.71. The average Bonchev–Trinajstić information content (AvgIpc) is 2.12. The number of nitrogens with zero attached hydrogens (tertiary/aromatic N) is 1. The Morgan fingerprint density at radius 1 is 1.15 bits per heavy atom. The fourth-order valence-corrected chi connectivity index (χ4v) is 1.98. The monoisotopic (exact) mass is 236 g/mol. The van der Waals surface area contributed by atoms with Gasteiger partial charge in [0.2, 0.25) is 0 Å². The van der Waals surface area contributed by atoms with Crippen molar-refractivity contribution in [3.8, 4) is 0 Å². The molecule has 0 saturated carbocycles. The van der Waals surface area contributed by atoms with Crippen molar-refractivity contribution >= 4 is 26.7 Å². The summed E-state index contributed by atoms with van der Waals surface area (Å²) in [5.41, 5.74) is 1.31. The second-order valence-corrected chi connectivity index (χ2v) is 4.16. The summed E-state index contributed by atoms with van der Waals surface area (Å²) in [7, 11) is 2.04. The fourth-order valence-electron chi connectivity index (χ4n) is 1.50. The first-order chi connectivity index (χ1) is 6.18. The molecule has 1 nitrogen and oxygen atoms in total. The van der Waals surface area contributed by atoms with E-state index >= 15 is 0 Å². The minimum Gasteiger partial charge on any atom is -0.207 e. The Bertz CT molecular complexity index is 463. The normalized spacial score (nSPS) is 10.7. The number of pyridine rings is 1. The highest BCUT2D eigenvalue weighted by Gasteiger charge is 2.04. The lowest BCUT2D eigenvalue weighted by molar-refractivity contribution is -0.670. The number of hydrogen-bond donors (Lipinski definition) is 0. The maximum atomic E-state index is 3.55. The quantitative estimate of drug-likeness (QED) is 0.620. The lowest BCUT2D eigenvalue weighted by Crippen LogP contribution is -2.26. The molecule has 2 heteroatoms. The van der Waals surface area contributed by atoms with Crippen molar-refractivity contribution in [3.05, 3.63) is 40.6 Å². The molecule has 0 fully saturated rings. The van der Waals surface area contributed by atoms with Crippen molar-refractivity contribution in [3.63, 3.8) is 0 Å². The zero-order chi connectivity index (χ0) is 9.42. The highest BCUT2D eigenvalue weighted by molar-refractivity contribution is 9.10. The smallest absolute Gasteiger partial charge is 0.176 e. The van der Waals surface area contributed by atoms with Gasteiger partial charge in [0, 0.05) is 21.3 Å². The first-order valence-corrected chi connectivity index (χ1v) is 5.02. The minimum atomic E-state index is 1.16. The molecule has 0 aliphatic carbocycles. The molecule has 0 spiro atoms. The Morgan fingerprint density at radius 3 is 2.69 bits per heavy atom. The van der Waals surface area contributed by atoms with E-state index in [-0.39, 0.29) is 0 Å². The summed E-state index contributed by atoms with van der Waals surface area (Å²) in [6.45, 7) is 2.13. The van der Waals surface area contributed by atoms with Crippen molar-refractivity contribution < 1.29 is 4.57 Å². The SMILES string of the molecule is Cc1ccc(Br)c2cc[n+](C)cc12. The maximum absolute atomic E-state index is 3.55. The average molecular weight is 237 g/mol. The van der Waals surface area contributed by atoms with Gasteiger partial charge in [0.25, 0.3) is 0 Å². The molecule has 0 aliphatic rings. The van der Waals surface area contributed by atoms with E-state index in [0.29, 0.717) is 0 Å². The van der Waals surface area contributed by atoms with E-state index in [2.05, 4.69) is 58.0 Å². The third-order valence-corrected chi connectivity index (χ3v) is 2.95. The van der Waals surface area contributed by atoms with E-state index in [0.717, 1.165) is 4.47 Å². The molecule has 0 bridgehead atoms. The summed E-state index contributed by atoms with van der Waals surface area (Å²) in [6.07, 6.45) is 4.21. The number of halogens is 1. The van der Waals surface area contributed by atoms with Gasteiger partial charge in [0.15, 0.2) is 12.4 Å². The third-order valence-electron chi connectivity index (χ3n) is 2.26. The molecule has 66 valence electrons. The van der Waals surface area contributed by atoms with Gasteiger partial charge in [-0.3, -0.25) is 0 Å². The molecule has 1 heterocycles. The first-order valence-electron chi connectivity index (χ1n) is 4.22. The van der Waals surface area contributed by atoms with Crippen LogP contribution < -0.4 is 4.57 Å². The van der Waals surface area contributed by atoms with Crippen molar-refractivity contribution in [2.24, 2.45) is 7.05 Å². The van der Waals surface area contributed by atoms with Crippen molar-refractivity contribution in [1.82, 2.24) is 0 Å². The Morgan fingerprint density at radius 2 is 1.92 bits per heavy atom. The molecule has 1 aromatic carbocycles. The summed E-state index contributed by atoms with van der Waals surface area (Å²) in [5, 5.41) is 2.58. The molecule has 0 atom stereocenters. The summed E-state index contributed by atoms with van der Waals surface area (Å²) >= 11 is 3.55. The molecular formula is C11H11BrN+. The van der Waals surface area contributed by atoms with Crippen LogP contribution >= 0.6 is 15.9 Å². The van der Waals surface area contributed by atoms with Gasteiger partial charge in [-0.25, -0.2) is 4.57 Å². The number of rotatable bonds is 0. The van der Waals surface area contributed by atoms with Gasteiger partial charge in [-0.05, 0) is 18.6 Å². The van der Waals surface area contributed by atoms with E-state index in [1.165, 1.54) is 16.3 Å². The van der Waals surface area contributed by atoms with Gasteiger partial charge < -0.3 is 0 Å². The summed E-state index contributed by atoms with van der Waals surface area (Å²) in [6, 6.07) is 6.36. The molecule has 0 radical (unpaired) electrons. The lowest BCUT2D eigenvalue weighted by atomic mass is 10.1. The number of benzene rings is 1. The molecule has 2 rings (SSSR count). The van der Waals surface area contributed by atoms with E-state index in [4.69, 9.17) is 0 Å². The van der Waals surface area contributed by atoms with Crippen LogP contribution in [0.1, 0.15) is 5.56 Å². The summed E-state index contributed by atoms with van der Waals surface area (Å²) < 4.78 is 3.23. The van der Waals surface area contributed by atoms with Crippen LogP contribution in [0.15, 0.2) is 35.1 Å². The Balaban J connectivity index is 2.92. The number of aryl methyl sites for hydroxylation is 2. The number of aromatic nitrogens is 1. The molecule has 0 unspecified atom stereocenters. The Labute approximate surface area is 86.1 Å². The molecular weight excluding hydrogens is 226 g/mol. The Kier molecular flexibility index (Phi) is 2.08. The van der Waals surface area contributed by atoms with Crippen LogP contribution in [-0.2, 0) is 7.05 Å². The van der Waals surface area contributed by atoms with Crippen LogP contribution in [-0.4, -0.2) is 0 Å². The van der Waals surface area contributed by atoms with Gasteiger partial charge in [0.1, 0.15) is 7.05 Å². The van der Waals surface area contributed by atoms with Gasteiger partial charge in [-0.2, -0.15) is 0 Å². The van der Waals surface area contributed by atoms with Gasteiger partial charge in [0.05, 0.1) is 0 Å². The van der Waals surface area contributed by atoms with E-state index in [9.17, 15) is 0 Å². The standard InChI is InChI=1S/C11H11BrN/c1-8-3-4-11(12)9-5-6-13(2)7-10(8)9/h3-7H,1-2H3/q+1. The molecule has 2 aromatic rings. The zero-order valence-corrected chi connectivity index (χ0v) is 9.30. The molecule has 0 saturated heterocycles. The minimum absolute atomic E-state index is 1.16. The van der Waals surface area contributed by atoms with Crippen LogP contribution in [0.5, 0.6) is 0 Å². The largest absolute Gasteiger partial charge is 0.207 e. The third kappa shape index (κ3) is 1.46. The van der Waals surface area contributed by atoms with Crippen LogP contribution in [0.2, 0.25) is 0 Å². The van der Waals surface area contributed by atoms with Crippen molar-refractivity contribution in [2.75, 3.05) is 0 Å². The second kappa shape index (κ2) is 3.11. The Hall–Kier alpha value is -0.890. The molecule has 13 heavy (non-hydrogen) atoms. The van der Waals surface area contributed by atoms with E-state index in [1.54, 1.807) is 0 Å². The lowest BCUT2D eigenvalue weighted by Gasteiger charge is -2.01. The van der Waals surface area contributed by atoms with Gasteiger partial charge in [-0.1, -0.05) is 22.0 Å². The first kappa shape index (κ1) is 8.70. The predicted octanol–water partition coefficient (Wildman–Crippen LogP) is 2.74. The second-order valence-electron chi connectivity index (χ2n) is 3.30. The molecule has 0 amide bonds. The van der Waals surface area contributed by atoms with E-state index in [1.807, 2.05) is 7.05 Å². The predicted molar refractivity (Wildman–Crippen MR) is 57.6 cm³/mol. The van der Waals surface area contributed by atoms with Crippen LogP contribution in [0.4, 0.5) is 0 Å². The van der Waals surface area contributed by atoms with Crippen molar-refractivity contribution in [2.45, 2.75) is 6.92 Å². The fraction of sp³-hybridized carbons (Fsp3) is 0.182. The van der Waals surface area contributed by atoms with E-state index < -0.39 is 0 Å². The highest BCUT2D eigenvalue weighted by atomic mass is 79.9. The maximum Gasteiger partial charge on any atom is 0.176 e. The van der Waals surface area contributed by atoms with Gasteiger partial charge in [-0.15, -0.1) is 0 Å². The molecule has 0 N–H and O–H groups in total.